The van der Waals surface area contributed by atoms with Crippen molar-refractivity contribution in [2.75, 3.05) is 7.11 Å². The first-order valence-electron chi connectivity index (χ1n) is 10.6. The summed E-state index contributed by atoms with van der Waals surface area (Å²) in [6.07, 6.45) is 3.30. The predicted molar refractivity (Wildman–Crippen MR) is 129 cm³/mol. The fourth-order valence-corrected chi connectivity index (χ4v) is 3.67. The standard InChI is InChI=1S/C26H18N4O5/c1-34-23-13-12-18(15-22(23)30(32)33)24-19(16-29(28-24)20-10-6-3-7-11-20)14-21-26(31)35-25(27-21)17-8-4-2-5-9-17/h2-16H,1H3/b21-14+. The molecule has 0 unspecified atom stereocenters. The van der Waals surface area contributed by atoms with Gasteiger partial charge in [-0.15, -0.1) is 0 Å². The van der Waals surface area contributed by atoms with Crippen LogP contribution in [0.5, 0.6) is 5.75 Å². The van der Waals surface area contributed by atoms with Gasteiger partial charge in [0.1, 0.15) is 5.69 Å². The summed E-state index contributed by atoms with van der Waals surface area (Å²) in [6, 6.07) is 23.1. The Hall–Kier alpha value is -5.05. The number of benzene rings is 3. The zero-order valence-corrected chi connectivity index (χ0v) is 18.5. The smallest absolute Gasteiger partial charge is 0.363 e. The molecule has 9 nitrogen and oxygen atoms in total. The molecule has 0 bridgehead atoms. The summed E-state index contributed by atoms with van der Waals surface area (Å²) in [5.41, 5.74) is 2.82. The summed E-state index contributed by atoms with van der Waals surface area (Å²) in [5, 5.41) is 16.2. The molecule has 0 amide bonds. The summed E-state index contributed by atoms with van der Waals surface area (Å²) in [6.45, 7) is 0. The highest BCUT2D eigenvalue weighted by Crippen LogP contribution is 2.34. The van der Waals surface area contributed by atoms with E-state index in [-0.39, 0.29) is 23.0 Å². The maximum atomic E-state index is 12.6. The molecule has 0 saturated carbocycles. The molecule has 4 aromatic rings. The van der Waals surface area contributed by atoms with Crippen LogP contribution >= 0.6 is 0 Å². The molecular weight excluding hydrogens is 448 g/mol. The van der Waals surface area contributed by atoms with E-state index in [1.807, 2.05) is 48.5 Å². The average molecular weight is 466 g/mol. The van der Waals surface area contributed by atoms with Crippen molar-refractivity contribution < 1.29 is 19.2 Å². The van der Waals surface area contributed by atoms with Crippen LogP contribution in [-0.4, -0.2) is 33.7 Å². The number of rotatable bonds is 6. The highest BCUT2D eigenvalue weighted by molar-refractivity contribution is 6.13. The molecule has 9 heteroatoms. The number of nitro benzene ring substituents is 1. The molecule has 1 aliphatic heterocycles. The Morgan fingerprint density at radius 3 is 2.40 bits per heavy atom. The van der Waals surface area contributed by atoms with Crippen LogP contribution in [0.4, 0.5) is 5.69 Å². The van der Waals surface area contributed by atoms with Gasteiger partial charge in [0.15, 0.2) is 11.4 Å². The van der Waals surface area contributed by atoms with E-state index in [4.69, 9.17) is 9.47 Å². The van der Waals surface area contributed by atoms with Crippen molar-refractivity contribution in [2.24, 2.45) is 4.99 Å². The van der Waals surface area contributed by atoms with Gasteiger partial charge < -0.3 is 9.47 Å². The molecule has 0 spiro atoms. The van der Waals surface area contributed by atoms with Crippen molar-refractivity contribution in [1.82, 2.24) is 9.78 Å². The van der Waals surface area contributed by atoms with Crippen LogP contribution < -0.4 is 4.74 Å². The van der Waals surface area contributed by atoms with E-state index in [1.54, 1.807) is 35.2 Å². The normalized spacial score (nSPS) is 14.0. The van der Waals surface area contributed by atoms with Crippen molar-refractivity contribution in [3.8, 4) is 22.7 Å². The van der Waals surface area contributed by atoms with Crippen molar-refractivity contribution >= 4 is 23.6 Å². The van der Waals surface area contributed by atoms with E-state index in [0.29, 0.717) is 22.4 Å². The third-order valence-corrected chi connectivity index (χ3v) is 5.35. The second-order valence-electron chi connectivity index (χ2n) is 7.56. The first-order valence-corrected chi connectivity index (χ1v) is 10.6. The highest BCUT2D eigenvalue weighted by atomic mass is 16.6. The molecule has 0 fully saturated rings. The Kier molecular flexibility index (Phi) is 5.64. The highest BCUT2D eigenvalue weighted by Gasteiger charge is 2.26. The second-order valence-corrected chi connectivity index (χ2v) is 7.56. The van der Waals surface area contributed by atoms with Gasteiger partial charge >= 0.3 is 11.7 Å². The van der Waals surface area contributed by atoms with E-state index in [0.717, 1.165) is 5.69 Å². The number of aromatic nitrogens is 2. The van der Waals surface area contributed by atoms with Crippen molar-refractivity contribution in [3.63, 3.8) is 0 Å². The summed E-state index contributed by atoms with van der Waals surface area (Å²) in [7, 11) is 1.37. The van der Waals surface area contributed by atoms with Crippen LogP contribution in [0.15, 0.2) is 95.7 Å². The lowest BCUT2D eigenvalue weighted by Gasteiger charge is -2.04. The van der Waals surface area contributed by atoms with Gasteiger partial charge in [0.2, 0.25) is 5.90 Å². The number of nitrogens with zero attached hydrogens (tertiary/aromatic N) is 4. The minimum atomic E-state index is -0.594. The number of cyclic esters (lactones) is 1. The Bertz CT molecular complexity index is 1490. The SMILES string of the molecule is COc1ccc(-c2nn(-c3ccccc3)cc2/C=C2/N=C(c3ccccc3)OC2=O)cc1[N+](=O)[O-]. The summed E-state index contributed by atoms with van der Waals surface area (Å²) < 4.78 is 12.1. The van der Waals surface area contributed by atoms with Crippen LogP contribution in [0.1, 0.15) is 11.1 Å². The monoisotopic (exact) mass is 466 g/mol. The van der Waals surface area contributed by atoms with Crippen molar-refractivity contribution in [3.05, 3.63) is 112 Å². The lowest BCUT2D eigenvalue weighted by atomic mass is 10.1. The lowest BCUT2D eigenvalue weighted by molar-refractivity contribution is -0.385. The topological polar surface area (TPSA) is 109 Å². The number of ether oxygens (including phenoxy) is 2. The molecular formula is C26H18N4O5. The number of hydrogen-bond donors (Lipinski definition) is 0. The van der Waals surface area contributed by atoms with Gasteiger partial charge in [-0.25, -0.2) is 14.5 Å². The van der Waals surface area contributed by atoms with E-state index in [2.05, 4.69) is 10.1 Å². The molecule has 1 aliphatic rings. The third kappa shape index (κ3) is 4.30. The van der Waals surface area contributed by atoms with Gasteiger partial charge in [0.05, 0.1) is 17.7 Å². The van der Waals surface area contributed by atoms with E-state index >= 15 is 0 Å². The molecule has 0 atom stereocenters. The lowest BCUT2D eigenvalue weighted by Crippen LogP contribution is -2.04. The minimum Gasteiger partial charge on any atom is -0.490 e. The number of carbonyl (C=O) groups is 1. The van der Waals surface area contributed by atoms with Crippen LogP contribution in [0.3, 0.4) is 0 Å². The molecule has 2 heterocycles. The third-order valence-electron chi connectivity index (χ3n) is 5.35. The zero-order valence-electron chi connectivity index (χ0n) is 18.5. The van der Waals surface area contributed by atoms with Gasteiger partial charge in [-0.3, -0.25) is 10.1 Å². The molecule has 0 saturated heterocycles. The van der Waals surface area contributed by atoms with Crippen LogP contribution in [-0.2, 0) is 9.53 Å². The Balaban J connectivity index is 1.64. The number of esters is 1. The zero-order chi connectivity index (χ0) is 24.4. The molecule has 0 radical (unpaired) electrons. The summed E-state index contributed by atoms with van der Waals surface area (Å²) >= 11 is 0. The fraction of sp³-hybridized carbons (Fsp3) is 0.0385. The maximum absolute atomic E-state index is 12.6. The van der Waals surface area contributed by atoms with Gasteiger partial charge in [0, 0.05) is 29.0 Å². The number of nitro groups is 1. The number of methoxy groups -OCH3 is 1. The van der Waals surface area contributed by atoms with Gasteiger partial charge in [0.25, 0.3) is 0 Å². The quantitative estimate of drug-likeness (QED) is 0.175. The minimum absolute atomic E-state index is 0.0979. The largest absolute Gasteiger partial charge is 0.490 e. The van der Waals surface area contributed by atoms with Gasteiger partial charge in [-0.2, -0.15) is 5.10 Å². The molecule has 172 valence electrons. The van der Waals surface area contributed by atoms with Gasteiger partial charge in [-0.1, -0.05) is 36.4 Å². The van der Waals surface area contributed by atoms with Gasteiger partial charge in [-0.05, 0) is 42.5 Å². The fourth-order valence-electron chi connectivity index (χ4n) is 3.67. The molecule has 0 aliphatic carbocycles. The summed E-state index contributed by atoms with van der Waals surface area (Å²) in [5.74, 6) is -0.250. The average Bonchev–Trinajstić information content (AvgIpc) is 3.48. The molecule has 35 heavy (non-hydrogen) atoms. The Morgan fingerprint density at radius 1 is 1.00 bits per heavy atom. The molecule has 3 aromatic carbocycles. The Morgan fingerprint density at radius 2 is 1.71 bits per heavy atom. The van der Waals surface area contributed by atoms with Crippen LogP contribution in [0, 0.1) is 10.1 Å². The number of carbonyl (C=O) groups excluding carboxylic acids is 1. The number of hydrogen-bond acceptors (Lipinski definition) is 7. The number of para-hydroxylation sites is 1. The van der Waals surface area contributed by atoms with E-state index in [1.165, 1.54) is 19.2 Å². The summed E-state index contributed by atoms with van der Waals surface area (Å²) in [4.78, 5) is 28.0. The van der Waals surface area contributed by atoms with Crippen molar-refractivity contribution in [2.45, 2.75) is 0 Å². The van der Waals surface area contributed by atoms with E-state index in [9.17, 15) is 14.9 Å². The predicted octanol–water partition coefficient (Wildman–Crippen LogP) is 4.80. The van der Waals surface area contributed by atoms with Crippen molar-refractivity contribution in [1.29, 1.82) is 0 Å². The first-order chi connectivity index (χ1) is 17.0. The second kappa shape index (κ2) is 9.06. The number of aliphatic imine (C=N–C) groups is 1. The molecule has 0 N–H and O–H groups in total. The van der Waals surface area contributed by atoms with Crippen LogP contribution in [0.25, 0.3) is 23.0 Å². The molecule has 1 aromatic heterocycles. The van der Waals surface area contributed by atoms with Crippen LogP contribution in [0.2, 0.25) is 0 Å². The van der Waals surface area contributed by atoms with E-state index < -0.39 is 10.9 Å². The maximum Gasteiger partial charge on any atom is 0.363 e. The molecule has 5 rings (SSSR count). The first kappa shape index (κ1) is 21.8. The Labute approximate surface area is 199 Å².